The molecule has 3 aromatic rings. The second-order valence-corrected chi connectivity index (χ2v) is 5.61. The number of hydrogen-bond donors (Lipinski definition) is 1. The molecule has 5 nitrogen and oxygen atoms in total. The summed E-state index contributed by atoms with van der Waals surface area (Å²) in [5.74, 6) is -0.354. The Hall–Kier alpha value is -3.29. The molecule has 0 radical (unpaired) electrons. The molecule has 0 aliphatic rings. The lowest BCUT2D eigenvalue weighted by Crippen LogP contribution is -2.21. The minimum atomic E-state index is -4.54. The molecule has 3 rings (SSSR count). The summed E-state index contributed by atoms with van der Waals surface area (Å²) in [6.45, 7) is 2.24. The van der Waals surface area contributed by atoms with Gasteiger partial charge < -0.3 is 14.5 Å². The van der Waals surface area contributed by atoms with Gasteiger partial charge in [0.2, 0.25) is 0 Å². The summed E-state index contributed by atoms with van der Waals surface area (Å²) in [7, 11) is 0. The second kappa shape index (κ2) is 7.14. The van der Waals surface area contributed by atoms with Gasteiger partial charge >= 0.3 is 11.8 Å². The predicted octanol–water partition coefficient (Wildman–Crippen LogP) is 4.46. The highest BCUT2D eigenvalue weighted by atomic mass is 19.4. The molecule has 1 amide bonds. The molecule has 1 N–H and O–H groups in total. The number of benzene rings is 2. The summed E-state index contributed by atoms with van der Waals surface area (Å²) in [6.07, 6.45) is -4.54. The SMILES string of the molecule is CCOc1ccc2cc(C(=O)Nc3cccc(C(F)(F)F)c3)c(=O)oc2c1. The van der Waals surface area contributed by atoms with Gasteiger partial charge in [0.05, 0.1) is 12.2 Å². The van der Waals surface area contributed by atoms with Crippen LogP contribution < -0.4 is 15.7 Å². The van der Waals surface area contributed by atoms with E-state index in [1.165, 1.54) is 18.2 Å². The van der Waals surface area contributed by atoms with Crippen LogP contribution in [-0.2, 0) is 6.18 Å². The number of ether oxygens (including phenoxy) is 1. The fraction of sp³-hybridized carbons (Fsp3) is 0.158. The molecule has 0 saturated heterocycles. The minimum absolute atomic E-state index is 0.0824. The maximum Gasteiger partial charge on any atom is 0.416 e. The summed E-state index contributed by atoms with van der Waals surface area (Å²) in [5.41, 5.74) is -1.97. The van der Waals surface area contributed by atoms with Crippen LogP contribution in [0.3, 0.4) is 0 Å². The zero-order chi connectivity index (χ0) is 19.6. The lowest BCUT2D eigenvalue weighted by molar-refractivity contribution is -0.137. The predicted molar refractivity (Wildman–Crippen MR) is 93.1 cm³/mol. The van der Waals surface area contributed by atoms with Crippen molar-refractivity contribution in [3.05, 3.63) is 70.1 Å². The Balaban J connectivity index is 1.91. The minimum Gasteiger partial charge on any atom is -0.494 e. The van der Waals surface area contributed by atoms with E-state index in [-0.39, 0.29) is 16.8 Å². The molecule has 0 fully saturated rings. The van der Waals surface area contributed by atoms with E-state index in [2.05, 4.69) is 5.32 Å². The van der Waals surface area contributed by atoms with E-state index in [1.807, 2.05) is 6.92 Å². The molecule has 0 atom stereocenters. The van der Waals surface area contributed by atoms with E-state index in [9.17, 15) is 22.8 Å². The number of nitrogens with one attached hydrogen (secondary N) is 1. The average Bonchev–Trinajstić information content (AvgIpc) is 2.60. The summed E-state index contributed by atoms with van der Waals surface area (Å²) >= 11 is 0. The van der Waals surface area contributed by atoms with Gasteiger partial charge in [0, 0.05) is 17.1 Å². The van der Waals surface area contributed by atoms with Gasteiger partial charge in [0.15, 0.2) is 0 Å². The van der Waals surface area contributed by atoms with Gasteiger partial charge in [0.25, 0.3) is 5.91 Å². The van der Waals surface area contributed by atoms with Gasteiger partial charge in [-0.1, -0.05) is 6.07 Å². The number of carbonyl (C=O) groups is 1. The average molecular weight is 377 g/mol. The van der Waals surface area contributed by atoms with Crippen LogP contribution in [-0.4, -0.2) is 12.5 Å². The third-order valence-corrected chi connectivity index (χ3v) is 3.71. The van der Waals surface area contributed by atoms with Gasteiger partial charge in [-0.3, -0.25) is 4.79 Å². The highest BCUT2D eigenvalue weighted by Gasteiger charge is 2.30. The number of anilines is 1. The van der Waals surface area contributed by atoms with Crippen molar-refractivity contribution >= 4 is 22.6 Å². The molecular formula is C19H14F3NO4. The second-order valence-electron chi connectivity index (χ2n) is 5.61. The molecule has 0 spiro atoms. The van der Waals surface area contributed by atoms with Crippen molar-refractivity contribution in [1.29, 1.82) is 0 Å². The fourth-order valence-corrected chi connectivity index (χ4v) is 2.48. The van der Waals surface area contributed by atoms with Crippen LogP contribution in [0.15, 0.2) is 57.7 Å². The molecule has 0 aliphatic heterocycles. The molecule has 2 aromatic carbocycles. The first kappa shape index (κ1) is 18.5. The maximum absolute atomic E-state index is 12.8. The maximum atomic E-state index is 12.8. The zero-order valence-electron chi connectivity index (χ0n) is 14.1. The van der Waals surface area contributed by atoms with Crippen LogP contribution in [0.25, 0.3) is 11.0 Å². The Morgan fingerprint density at radius 1 is 1.15 bits per heavy atom. The van der Waals surface area contributed by atoms with E-state index in [1.54, 1.807) is 12.1 Å². The van der Waals surface area contributed by atoms with Gasteiger partial charge in [-0.15, -0.1) is 0 Å². The standard InChI is InChI=1S/C19H14F3NO4/c1-2-26-14-7-6-11-8-15(18(25)27-16(11)10-14)17(24)23-13-5-3-4-12(9-13)19(20,21)22/h3-10H,2H2,1H3,(H,23,24). The molecule has 1 heterocycles. The number of rotatable bonds is 4. The quantitative estimate of drug-likeness (QED) is 0.682. The normalized spacial score (nSPS) is 11.4. The van der Waals surface area contributed by atoms with Crippen LogP contribution in [0.1, 0.15) is 22.8 Å². The molecule has 1 aromatic heterocycles. The van der Waals surface area contributed by atoms with Gasteiger partial charge in [-0.05, 0) is 43.3 Å². The third kappa shape index (κ3) is 4.11. The van der Waals surface area contributed by atoms with Crippen molar-refractivity contribution in [2.75, 3.05) is 11.9 Å². The van der Waals surface area contributed by atoms with Crippen molar-refractivity contribution in [3.8, 4) is 5.75 Å². The lowest BCUT2D eigenvalue weighted by Gasteiger charge is -2.10. The first-order chi connectivity index (χ1) is 12.8. The zero-order valence-corrected chi connectivity index (χ0v) is 14.1. The van der Waals surface area contributed by atoms with Crippen molar-refractivity contribution < 1.29 is 27.1 Å². The number of carbonyl (C=O) groups excluding carboxylic acids is 1. The van der Waals surface area contributed by atoms with Gasteiger partial charge in [-0.25, -0.2) is 4.79 Å². The molecule has 0 bridgehead atoms. The highest BCUT2D eigenvalue weighted by Crippen LogP contribution is 2.30. The van der Waals surface area contributed by atoms with Crippen LogP contribution in [0, 0.1) is 0 Å². The summed E-state index contributed by atoms with van der Waals surface area (Å²) in [6, 6.07) is 10.2. The van der Waals surface area contributed by atoms with E-state index in [4.69, 9.17) is 9.15 Å². The fourth-order valence-electron chi connectivity index (χ4n) is 2.48. The molecule has 8 heteroatoms. The smallest absolute Gasteiger partial charge is 0.416 e. The lowest BCUT2D eigenvalue weighted by atomic mass is 10.1. The Labute approximate surface area is 151 Å². The van der Waals surface area contributed by atoms with Crippen LogP contribution in [0.5, 0.6) is 5.75 Å². The molecule has 0 aliphatic carbocycles. The third-order valence-electron chi connectivity index (χ3n) is 3.71. The van der Waals surface area contributed by atoms with Crippen molar-refractivity contribution in [2.45, 2.75) is 13.1 Å². The Morgan fingerprint density at radius 3 is 2.63 bits per heavy atom. The molecule has 27 heavy (non-hydrogen) atoms. The molecule has 0 saturated carbocycles. The van der Waals surface area contributed by atoms with Crippen molar-refractivity contribution in [2.24, 2.45) is 0 Å². The first-order valence-corrected chi connectivity index (χ1v) is 7.97. The summed E-state index contributed by atoms with van der Waals surface area (Å²) in [5, 5.41) is 2.76. The number of amides is 1. The summed E-state index contributed by atoms with van der Waals surface area (Å²) < 4.78 is 48.8. The van der Waals surface area contributed by atoms with Crippen LogP contribution in [0.4, 0.5) is 18.9 Å². The molecular weight excluding hydrogens is 363 g/mol. The van der Waals surface area contributed by atoms with Crippen molar-refractivity contribution in [1.82, 2.24) is 0 Å². The van der Waals surface area contributed by atoms with Crippen LogP contribution >= 0.6 is 0 Å². The highest BCUT2D eigenvalue weighted by molar-refractivity contribution is 6.05. The monoisotopic (exact) mass is 377 g/mol. The van der Waals surface area contributed by atoms with Gasteiger partial charge in [-0.2, -0.15) is 13.2 Å². The van der Waals surface area contributed by atoms with E-state index in [0.717, 1.165) is 18.2 Å². The largest absolute Gasteiger partial charge is 0.494 e. The van der Waals surface area contributed by atoms with E-state index in [0.29, 0.717) is 17.7 Å². The Bertz CT molecular complexity index is 1060. The van der Waals surface area contributed by atoms with Gasteiger partial charge in [0.1, 0.15) is 16.9 Å². The molecule has 140 valence electrons. The van der Waals surface area contributed by atoms with Crippen molar-refractivity contribution in [3.63, 3.8) is 0 Å². The van der Waals surface area contributed by atoms with E-state index >= 15 is 0 Å². The number of alkyl halides is 3. The topological polar surface area (TPSA) is 68.5 Å². The first-order valence-electron chi connectivity index (χ1n) is 7.97. The Morgan fingerprint density at radius 2 is 1.93 bits per heavy atom. The van der Waals surface area contributed by atoms with E-state index < -0.39 is 23.3 Å². The van der Waals surface area contributed by atoms with Crippen LogP contribution in [0.2, 0.25) is 0 Å². The summed E-state index contributed by atoms with van der Waals surface area (Å²) in [4.78, 5) is 24.4. The number of fused-ring (bicyclic) bond motifs is 1. The Kier molecular flexibility index (Phi) is 4.89. The number of hydrogen-bond acceptors (Lipinski definition) is 4. The number of halogens is 3. The molecule has 0 unspecified atom stereocenters.